The van der Waals surface area contributed by atoms with Gasteiger partial charge in [-0.1, -0.05) is 12.1 Å². The zero-order chi connectivity index (χ0) is 21.6. The van der Waals surface area contributed by atoms with Crippen molar-refractivity contribution in [3.63, 3.8) is 0 Å². The third-order valence-corrected chi connectivity index (χ3v) is 4.87. The van der Waals surface area contributed by atoms with E-state index in [9.17, 15) is 4.79 Å². The van der Waals surface area contributed by atoms with Gasteiger partial charge in [0.2, 0.25) is 0 Å². The maximum absolute atomic E-state index is 12.6. The maximum atomic E-state index is 12.6. The fourth-order valence-corrected chi connectivity index (χ4v) is 3.28. The molecular formula is C23H20BrN3O4. The fourth-order valence-electron chi connectivity index (χ4n) is 2.96. The number of anilines is 1. The molecule has 2 aromatic carbocycles. The lowest BCUT2D eigenvalue weighted by Crippen LogP contribution is -2.11. The second-order valence-corrected chi connectivity index (χ2v) is 7.66. The van der Waals surface area contributed by atoms with E-state index in [1.165, 1.54) is 0 Å². The molecule has 4 aromatic rings. The molecule has 0 aliphatic heterocycles. The average Bonchev–Trinajstić information content (AvgIpc) is 3.42. The number of carbonyl (C=O) groups excluding carboxylic acids is 1. The smallest absolute Gasteiger partial charge is 0.291 e. The van der Waals surface area contributed by atoms with Crippen LogP contribution in [0.3, 0.4) is 0 Å². The molecule has 0 aliphatic rings. The third-order valence-electron chi connectivity index (χ3n) is 4.46. The van der Waals surface area contributed by atoms with Gasteiger partial charge < -0.3 is 19.2 Å². The molecule has 0 atom stereocenters. The predicted octanol–water partition coefficient (Wildman–Crippen LogP) is 5.13. The predicted molar refractivity (Wildman–Crippen MR) is 119 cm³/mol. The highest BCUT2D eigenvalue weighted by Gasteiger charge is 2.12. The summed E-state index contributed by atoms with van der Waals surface area (Å²) in [6.07, 6.45) is 3.63. The molecule has 2 aromatic heterocycles. The number of halogens is 1. The van der Waals surface area contributed by atoms with Crippen LogP contribution < -0.4 is 14.8 Å². The molecule has 8 heteroatoms. The Bertz CT molecular complexity index is 1170. The number of carbonyl (C=O) groups is 1. The molecule has 0 spiro atoms. The number of ether oxygens (including phenoxy) is 2. The number of rotatable bonds is 8. The molecule has 4 rings (SSSR count). The van der Waals surface area contributed by atoms with Crippen molar-refractivity contribution in [2.24, 2.45) is 0 Å². The molecule has 2 heterocycles. The molecule has 0 unspecified atom stereocenters. The number of hydrogen-bond donors (Lipinski definition) is 1. The fraction of sp³-hybridized carbons (Fsp3) is 0.130. The van der Waals surface area contributed by atoms with Gasteiger partial charge in [0.05, 0.1) is 24.3 Å². The summed E-state index contributed by atoms with van der Waals surface area (Å²) < 4.78 is 19.2. The first-order chi connectivity index (χ1) is 15.1. The number of aromatic nitrogens is 2. The SMILES string of the molecule is COc1ccc(OCc2ccc(C(=O)Nc3cccc(Cn4cc(Br)cn4)c3)o2)cc1. The van der Waals surface area contributed by atoms with Crippen molar-refractivity contribution >= 4 is 27.5 Å². The lowest BCUT2D eigenvalue weighted by molar-refractivity contribution is 0.0992. The Labute approximate surface area is 187 Å². The van der Waals surface area contributed by atoms with Crippen molar-refractivity contribution < 1.29 is 18.7 Å². The molecule has 158 valence electrons. The van der Waals surface area contributed by atoms with Crippen molar-refractivity contribution in [1.82, 2.24) is 9.78 Å². The Hall–Kier alpha value is -3.52. The second-order valence-electron chi connectivity index (χ2n) is 6.74. The van der Waals surface area contributed by atoms with E-state index in [2.05, 4.69) is 26.3 Å². The third kappa shape index (κ3) is 5.55. The van der Waals surface area contributed by atoms with Crippen molar-refractivity contribution in [2.45, 2.75) is 13.2 Å². The van der Waals surface area contributed by atoms with E-state index < -0.39 is 0 Å². The molecule has 0 aliphatic carbocycles. The van der Waals surface area contributed by atoms with Crippen LogP contribution >= 0.6 is 15.9 Å². The summed E-state index contributed by atoms with van der Waals surface area (Å²) >= 11 is 3.39. The van der Waals surface area contributed by atoms with E-state index in [-0.39, 0.29) is 18.3 Å². The van der Waals surface area contributed by atoms with Crippen LogP contribution in [0.4, 0.5) is 5.69 Å². The molecule has 0 bridgehead atoms. The molecule has 0 saturated carbocycles. The van der Waals surface area contributed by atoms with E-state index in [1.807, 2.05) is 59.4 Å². The number of nitrogens with one attached hydrogen (secondary N) is 1. The number of benzene rings is 2. The summed E-state index contributed by atoms with van der Waals surface area (Å²) in [5.74, 6) is 1.89. The van der Waals surface area contributed by atoms with E-state index >= 15 is 0 Å². The minimum atomic E-state index is -0.324. The van der Waals surface area contributed by atoms with Crippen LogP contribution in [0.1, 0.15) is 21.9 Å². The van der Waals surface area contributed by atoms with Crippen molar-refractivity contribution in [1.29, 1.82) is 0 Å². The number of amides is 1. The summed E-state index contributed by atoms with van der Waals surface area (Å²) in [5.41, 5.74) is 1.70. The largest absolute Gasteiger partial charge is 0.497 e. The number of furan rings is 1. The minimum absolute atomic E-state index is 0.217. The Balaban J connectivity index is 1.34. The van der Waals surface area contributed by atoms with Gasteiger partial charge in [-0.2, -0.15) is 5.10 Å². The Morgan fingerprint density at radius 2 is 1.94 bits per heavy atom. The first-order valence-corrected chi connectivity index (χ1v) is 10.3. The van der Waals surface area contributed by atoms with Crippen molar-refractivity contribution in [2.75, 3.05) is 12.4 Å². The van der Waals surface area contributed by atoms with E-state index in [1.54, 1.807) is 25.4 Å². The number of nitrogens with zero attached hydrogens (tertiary/aromatic N) is 2. The first kappa shape index (κ1) is 20.7. The zero-order valence-corrected chi connectivity index (χ0v) is 18.3. The number of methoxy groups -OCH3 is 1. The van der Waals surface area contributed by atoms with Gasteiger partial charge in [-0.25, -0.2) is 0 Å². The maximum Gasteiger partial charge on any atom is 0.291 e. The van der Waals surface area contributed by atoms with Gasteiger partial charge in [0.15, 0.2) is 5.76 Å². The van der Waals surface area contributed by atoms with Gasteiger partial charge in [-0.15, -0.1) is 0 Å². The molecule has 1 N–H and O–H groups in total. The number of hydrogen-bond acceptors (Lipinski definition) is 5. The highest BCUT2D eigenvalue weighted by Crippen LogP contribution is 2.20. The standard InChI is InChI=1S/C23H20BrN3O4/c1-29-19-5-7-20(8-6-19)30-15-21-9-10-22(31-21)23(28)26-18-4-2-3-16(11-18)13-27-14-17(24)12-25-27/h2-12,14H,13,15H2,1H3,(H,26,28). The molecule has 0 saturated heterocycles. The van der Waals surface area contributed by atoms with Crippen LogP contribution in [-0.2, 0) is 13.2 Å². The summed E-state index contributed by atoms with van der Waals surface area (Å²) in [6, 6.07) is 18.2. The summed E-state index contributed by atoms with van der Waals surface area (Å²) in [4.78, 5) is 12.6. The van der Waals surface area contributed by atoms with Crippen LogP contribution in [0.15, 0.2) is 81.9 Å². The van der Waals surface area contributed by atoms with Gasteiger partial charge in [0.1, 0.15) is 23.9 Å². The van der Waals surface area contributed by atoms with E-state index in [0.29, 0.717) is 23.7 Å². The summed E-state index contributed by atoms with van der Waals surface area (Å²) in [7, 11) is 1.61. The normalized spacial score (nSPS) is 10.6. The highest BCUT2D eigenvalue weighted by atomic mass is 79.9. The van der Waals surface area contributed by atoms with Crippen LogP contribution in [0.25, 0.3) is 0 Å². The first-order valence-electron chi connectivity index (χ1n) is 9.53. The molecule has 0 fully saturated rings. The molecule has 0 radical (unpaired) electrons. The second kappa shape index (κ2) is 9.53. The molecule has 31 heavy (non-hydrogen) atoms. The Morgan fingerprint density at radius 3 is 2.68 bits per heavy atom. The van der Waals surface area contributed by atoms with Crippen LogP contribution in [0, 0.1) is 0 Å². The van der Waals surface area contributed by atoms with Gasteiger partial charge >= 0.3 is 0 Å². The lowest BCUT2D eigenvalue weighted by Gasteiger charge is -2.07. The molecule has 7 nitrogen and oxygen atoms in total. The van der Waals surface area contributed by atoms with Crippen molar-refractivity contribution in [3.8, 4) is 11.5 Å². The summed E-state index contributed by atoms with van der Waals surface area (Å²) in [6.45, 7) is 0.817. The Kier molecular flexibility index (Phi) is 6.37. The van der Waals surface area contributed by atoms with Crippen molar-refractivity contribution in [3.05, 3.63) is 94.6 Å². The highest BCUT2D eigenvalue weighted by molar-refractivity contribution is 9.10. The van der Waals surface area contributed by atoms with Gasteiger partial charge in [0.25, 0.3) is 5.91 Å². The molecule has 1 amide bonds. The van der Waals surface area contributed by atoms with E-state index in [0.717, 1.165) is 15.8 Å². The molecular weight excluding hydrogens is 462 g/mol. The topological polar surface area (TPSA) is 78.5 Å². The minimum Gasteiger partial charge on any atom is -0.497 e. The van der Waals surface area contributed by atoms with Gasteiger partial charge in [-0.05, 0) is 70.0 Å². The summed E-state index contributed by atoms with van der Waals surface area (Å²) in [5, 5.41) is 7.11. The average molecular weight is 482 g/mol. The Morgan fingerprint density at radius 1 is 1.13 bits per heavy atom. The monoisotopic (exact) mass is 481 g/mol. The lowest BCUT2D eigenvalue weighted by atomic mass is 10.2. The van der Waals surface area contributed by atoms with Crippen LogP contribution in [-0.4, -0.2) is 22.8 Å². The van der Waals surface area contributed by atoms with Crippen LogP contribution in [0.5, 0.6) is 11.5 Å². The quantitative estimate of drug-likeness (QED) is 0.377. The van der Waals surface area contributed by atoms with Gasteiger partial charge in [-0.3, -0.25) is 9.48 Å². The zero-order valence-electron chi connectivity index (χ0n) is 16.7. The van der Waals surface area contributed by atoms with Gasteiger partial charge in [0, 0.05) is 11.9 Å². The van der Waals surface area contributed by atoms with E-state index in [4.69, 9.17) is 13.9 Å². The van der Waals surface area contributed by atoms with Crippen LogP contribution in [0.2, 0.25) is 0 Å².